The maximum absolute atomic E-state index is 11.8. The van der Waals surface area contributed by atoms with E-state index < -0.39 is 0 Å². The van der Waals surface area contributed by atoms with Crippen LogP contribution in [-0.2, 0) is 4.79 Å². The van der Waals surface area contributed by atoms with Crippen molar-refractivity contribution in [3.05, 3.63) is 66.7 Å². The predicted molar refractivity (Wildman–Crippen MR) is 109 cm³/mol. The number of amides is 1. The van der Waals surface area contributed by atoms with E-state index in [1.807, 2.05) is 54.6 Å². The summed E-state index contributed by atoms with van der Waals surface area (Å²) in [6.07, 6.45) is 0. The van der Waals surface area contributed by atoms with E-state index in [0.29, 0.717) is 11.5 Å². The van der Waals surface area contributed by atoms with Crippen molar-refractivity contribution in [1.29, 1.82) is 0 Å². The molecule has 0 unspecified atom stereocenters. The monoisotopic (exact) mass is 375 g/mol. The minimum atomic E-state index is -0.254. The average Bonchev–Trinajstić information content (AvgIpc) is 2.75. The zero-order chi connectivity index (χ0) is 19.6. The van der Waals surface area contributed by atoms with Crippen molar-refractivity contribution in [1.82, 2.24) is 5.32 Å². The molecule has 3 aromatic carbocycles. The van der Waals surface area contributed by atoms with Crippen LogP contribution in [0.3, 0.4) is 0 Å². The maximum atomic E-state index is 11.8. The molecule has 1 N–H and O–H groups in total. The number of nitrogens with one attached hydrogen (secondary N) is 1. The van der Waals surface area contributed by atoms with Gasteiger partial charge in [0.15, 0.2) is 18.1 Å². The Balaban J connectivity index is 1.41. The van der Waals surface area contributed by atoms with Crippen LogP contribution in [0, 0.1) is 11.8 Å². The third-order valence-corrected chi connectivity index (χ3v) is 3.98. The molecule has 0 bridgehead atoms. The van der Waals surface area contributed by atoms with Gasteiger partial charge in [-0.3, -0.25) is 4.79 Å². The molecule has 0 radical (unpaired) electrons. The largest absolute Gasteiger partial charge is 0.493 e. The van der Waals surface area contributed by atoms with Gasteiger partial charge in [-0.05, 0) is 23.6 Å². The second-order valence-electron chi connectivity index (χ2n) is 5.84. The Morgan fingerprint density at radius 2 is 1.57 bits per heavy atom. The first kappa shape index (κ1) is 19.1. The van der Waals surface area contributed by atoms with E-state index in [4.69, 9.17) is 14.2 Å². The number of hydrogen-bond acceptors (Lipinski definition) is 4. The summed E-state index contributed by atoms with van der Waals surface area (Å²) in [4.78, 5) is 11.8. The Hall–Kier alpha value is -3.65. The quantitative estimate of drug-likeness (QED) is 0.643. The maximum Gasteiger partial charge on any atom is 0.258 e. The number of para-hydroxylation sites is 2. The fourth-order valence-electron chi connectivity index (χ4n) is 2.62. The Bertz CT molecular complexity index is 999. The molecule has 0 aliphatic heterocycles. The van der Waals surface area contributed by atoms with Gasteiger partial charge in [0.25, 0.3) is 5.91 Å². The van der Waals surface area contributed by atoms with Crippen molar-refractivity contribution >= 4 is 16.7 Å². The van der Waals surface area contributed by atoms with Crippen LogP contribution in [0.15, 0.2) is 66.7 Å². The number of methoxy groups -OCH3 is 1. The van der Waals surface area contributed by atoms with Crippen molar-refractivity contribution in [2.24, 2.45) is 0 Å². The predicted octanol–water partition coefficient (Wildman–Crippen LogP) is 3.43. The Labute approximate surface area is 164 Å². The molecule has 0 aromatic heterocycles. The van der Waals surface area contributed by atoms with Crippen LogP contribution in [0.5, 0.6) is 17.2 Å². The van der Waals surface area contributed by atoms with Gasteiger partial charge >= 0.3 is 0 Å². The first-order valence-corrected chi connectivity index (χ1v) is 8.87. The topological polar surface area (TPSA) is 56.8 Å². The van der Waals surface area contributed by atoms with E-state index in [0.717, 1.165) is 16.5 Å². The van der Waals surface area contributed by atoms with Crippen LogP contribution >= 0.6 is 0 Å². The third kappa shape index (κ3) is 5.18. The van der Waals surface area contributed by atoms with Gasteiger partial charge in [0.1, 0.15) is 12.4 Å². The smallest absolute Gasteiger partial charge is 0.258 e. The number of ether oxygens (including phenoxy) is 3. The molecule has 5 nitrogen and oxygen atoms in total. The first-order chi connectivity index (χ1) is 13.8. The second-order valence-corrected chi connectivity index (χ2v) is 5.84. The number of carbonyl (C=O) groups excluding carboxylic acids is 1. The van der Waals surface area contributed by atoms with Gasteiger partial charge in [-0.1, -0.05) is 60.4 Å². The molecule has 0 saturated carbocycles. The van der Waals surface area contributed by atoms with Gasteiger partial charge in [0.05, 0.1) is 13.7 Å². The summed E-state index contributed by atoms with van der Waals surface area (Å²) < 4.78 is 16.4. The minimum absolute atomic E-state index is 0.103. The number of fused-ring (bicyclic) bond motifs is 1. The van der Waals surface area contributed by atoms with Crippen LogP contribution in [-0.4, -0.2) is 32.8 Å². The molecule has 3 rings (SSSR count). The van der Waals surface area contributed by atoms with Crippen molar-refractivity contribution in [2.75, 3.05) is 26.9 Å². The van der Waals surface area contributed by atoms with Gasteiger partial charge in [-0.15, -0.1) is 0 Å². The summed E-state index contributed by atoms with van der Waals surface area (Å²) >= 11 is 0. The summed E-state index contributed by atoms with van der Waals surface area (Å²) in [6, 6.07) is 21.1. The molecule has 0 aliphatic carbocycles. The fourth-order valence-corrected chi connectivity index (χ4v) is 2.62. The zero-order valence-electron chi connectivity index (χ0n) is 15.6. The lowest BCUT2D eigenvalue weighted by Gasteiger charge is -2.09. The molecule has 0 saturated heterocycles. The average molecular weight is 375 g/mol. The van der Waals surface area contributed by atoms with Crippen LogP contribution in [0.4, 0.5) is 0 Å². The Kier molecular flexibility index (Phi) is 6.75. The standard InChI is InChI=1S/C23H21NO4/c1-26-21-12-4-5-13-22(21)28-17-23(25)24-15-6-7-16-27-20-14-8-10-18-9-2-3-11-19(18)20/h2-5,8-14H,15-17H2,1H3,(H,24,25). The van der Waals surface area contributed by atoms with Crippen molar-refractivity contribution in [3.63, 3.8) is 0 Å². The normalized spacial score (nSPS) is 9.89. The molecule has 1 amide bonds. The molecule has 5 heteroatoms. The molecule has 142 valence electrons. The molecular formula is C23H21NO4. The zero-order valence-corrected chi connectivity index (χ0v) is 15.6. The number of benzene rings is 3. The number of hydrogen-bond donors (Lipinski definition) is 1. The summed E-state index contributed by atoms with van der Waals surface area (Å²) in [5, 5.41) is 4.86. The van der Waals surface area contributed by atoms with Crippen LogP contribution < -0.4 is 19.5 Å². The molecule has 0 aliphatic rings. The minimum Gasteiger partial charge on any atom is -0.493 e. The highest BCUT2D eigenvalue weighted by molar-refractivity contribution is 5.88. The summed E-state index contributed by atoms with van der Waals surface area (Å²) in [5.41, 5.74) is 0. The molecule has 0 fully saturated rings. The lowest BCUT2D eigenvalue weighted by molar-refractivity contribution is -0.122. The van der Waals surface area contributed by atoms with E-state index in [1.165, 1.54) is 0 Å². The molecule has 28 heavy (non-hydrogen) atoms. The highest BCUT2D eigenvalue weighted by Gasteiger charge is 2.05. The van der Waals surface area contributed by atoms with Gasteiger partial charge in [-0.2, -0.15) is 0 Å². The molecule has 0 atom stereocenters. The summed E-state index contributed by atoms with van der Waals surface area (Å²) in [5.74, 6) is 7.41. The van der Waals surface area contributed by atoms with E-state index in [9.17, 15) is 4.79 Å². The third-order valence-electron chi connectivity index (χ3n) is 3.98. The second kappa shape index (κ2) is 9.89. The van der Waals surface area contributed by atoms with E-state index in [-0.39, 0.29) is 25.7 Å². The van der Waals surface area contributed by atoms with Crippen molar-refractivity contribution in [2.45, 2.75) is 0 Å². The number of rotatable bonds is 7. The van der Waals surface area contributed by atoms with Gasteiger partial charge in [0, 0.05) is 5.39 Å². The molecule has 0 spiro atoms. The highest BCUT2D eigenvalue weighted by Crippen LogP contribution is 2.26. The first-order valence-electron chi connectivity index (χ1n) is 8.87. The lowest BCUT2D eigenvalue weighted by Crippen LogP contribution is -2.29. The summed E-state index contributed by atoms with van der Waals surface area (Å²) in [7, 11) is 1.55. The highest BCUT2D eigenvalue weighted by atomic mass is 16.5. The molecular weight excluding hydrogens is 354 g/mol. The fraction of sp³-hybridized carbons (Fsp3) is 0.174. The van der Waals surface area contributed by atoms with Crippen LogP contribution in [0.2, 0.25) is 0 Å². The van der Waals surface area contributed by atoms with Crippen molar-refractivity contribution in [3.8, 4) is 29.1 Å². The molecule has 3 aromatic rings. The van der Waals surface area contributed by atoms with Crippen LogP contribution in [0.1, 0.15) is 0 Å². The van der Waals surface area contributed by atoms with E-state index in [1.54, 1.807) is 19.2 Å². The van der Waals surface area contributed by atoms with Gasteiger partial charge < -0.3 is 19.5 Å². The van der Waals surface area contributed by atoms with E-state index in [2.05, 4.69) is 17.2 Å². The lowest BCUT2D eigenvalue weighted by atomic mass is 10.1. The van der Waals surface area contributed by atoms with Crippen LogP contribution in [0.25, 0.3) is 10.8 Å². The van der Waals surface area contributed by atoms with Gasteiger partial charge in [0.2, 0.25) is 0 Å². The molecule has 0 heterocycles. The Morgan fingerprint density at radius 3 is 2.43 bits per heavy atom. The van der Waals surface area contributed by atoms with Gasteiger partial charge in [-0.25, -0.2) is 0 Å². The Morgan fingerprint density at radius 1 is 0.857 bits per heavy atom. The van der Waals surface area contributed by atoms with Crippen molar-refractivity contribution < 1.29 is 19.0 Å². The number of carbonyl (C=O) groups is 1. The SMILES string of the molecule is COc1ccccc1OCC(=O)NCC#CCOc1cccc2ccccc12. The van der Waals surface area contributed by atoms with E-state index >= 15 is 0 Å². The summed E-state index contributed by atoms with van der Waals surface area (Å²) in [6.45, 7) is 0.378.